The Balaban J connectivity index is 2.93. The van der Waals surface area contributed by atoms with Crippen molar-refractivity contribution in [1.82, 2.24) is 9.97 Å². The third-order valence-corrected chi connectivity index (χ3v) is 3.73. The van der Waals surface area contributed by atoms with Crippen LogP contribution in [-0.4, -0.2) is 26.3 Å². The molecule has 1 rings (SSSR count). The molecule has 0 aliphatic carbocycles. The Labute approximate surface area is 99.5 Å². The van der Waals surface area contributed by atoms with E-state index in [2.05, 4.69) is 9.97 Å². The molecule has 0 amide bonds. The van der Waals surface area contributed by atoms with Crippen LogP contribution in [0.2, 0.25) is 0 Å². The average Bonchev–Trinajstić information content (AvgIpc) is 2.18. The van der Waals surface area contributed by atoms with Gasteiger partial charge in [0.05, 0.1) is 11.4 Å². The normalized spacial score (nSPS) is 12.8. The van der Waals surface area contributed by atoms with Crippen LogP contribution in [0.3, 0.4) is 0 Å². The molecule has 1 N–H and O–H groups in total. The Morgan fingerprint density at radius 1 is 1.44 bits per heavy atom. The fourth-order valence-electron chi connectivity index (χ4n) is 1.22. The Kier molecular flexibility index (Phi) is 4.29. The molecule has 0 aliphatic heterocycles. The number of hydrogen-bond acceptors (Lipinski definition) is 4. The minimum atomic E-state index is -0.803. The van der Waals surface area contributed by atoms with Crippen molar-refractivity contribution >= 4 is 17.7 Å². The lowest BCUT2D eigenvalue weighted by Crippen LogP contribution is -2.22. The van der Waals surface area contributed by atoms with Gasteiger partial charge >= 0.3 is 5.97 Å². The summed E-state index contributed by atoms with van der Waals surface area (Å²) < 4.78 is 0. The molecule has 1 aromatic rings. The first-order chi connectivity index (χ1) is 7.41. The van der Waals surface area contributed by atoms with Gasteiger partial charge in [0, 0.05) is 6.20 Å². The number of thioether (sulfide) groups is 1. The van der Waals surface area contributed by atoms with Crippen molar-refractivity contribution in [3.8, 4) is 0 Å². The molecule has 1 aromatic heterocycles. The van der Waals surface area contributed by atoms with E-state index in [0.29, 0.717) is 5.03 Å². The SMILES string of the molecule is Cc1cnc(C)c(SC(C(=O)O)C(C)C)n1. The summed E-state index contributed by atoms with van der Waals surface area (Å²) in [6.07, 6.45) is 1.69. The zero-order valence-corrected chi connectivity index (χ0v) is 10.7. The van der Waals surface area contributed by atoms with Gasteiger partial charge in [-0.1, -0.05) is 25.6 Å². The highest BCUT2D eigenvalue weighted by Gasteiger charge is 2.24. The van der Waals surface area contributed by atoms with Gasteiger partial charge in [0.15, 0.2) is 0 Å². The average molecular weight is 240 g/mol. The number of carbonyl (C=O) groups is 1. The molecule has 0 fully saturated rings. The van der Waals surface area contributed by atoms with E-state index >= 15 is 0 Å². The highest BCUT2D eigenvalue weighted by molar-refractivity contribution is 8.00. The molecule has 5 heteroatoms. The molecule has 4 nitrogen and oxygen atoms in total. The standard InChI is InChI=1S/C11H16N2O2S/c1-6(2)9(11(14)15)16-10-8(4)12-5-7(3)13-10/h5-6,9H,1-4H3,(H,14,15). The van der Waals surface area contributed by atoms with Gasteiger partial charge in [0.25, 0.3) is 0 Å². The number of aryl methyl sites for hydroxylation is 2. The number of aliphatic carboxylic acids is 1. The Morgan fingerprint density at radius 2 is 2.06 bits per heavy atom. The molecule has 1 atom stereocenters. The lowest BCUT2D eigenvalue weighted by Gasteiger charge is -2.15. The smallest absolute Gasteiger partial charge is 0.317 e. The fourth-order valence-corrected chi connectivity index (χ4v) is 2.25. The molecule has 0 aromatic carbocycles. The van der Waals surface area contributed by atoms with Crippen LogP contribution < -0.4 is 0 Å². The monoisotopic (exact) mass is 240 g/mol. The van der Waals surface area contributed by atoms with E-state index in [1.54, 1.807) is 6.20 Å². The van der Waals surface area contributed by atoms with E-state index in [1.807, 2.05) is 27.7 Å². The summed E-state index contributed by atoms with van der Waals surface area (Å²) >= 11 is 1.27. The van der Waals surface area contributed by atoms with Gasteiger partial charge in [-0.05, 0) is 19.8 Å². The quantitative estimate of drug-likeness (QED) is 0.818. The maximum absolute atomic E-state index is 11.1. The summed E-state index contributed by atoms with van der Waals surface area (Å²) in [4.78, 5) is 19.6. The molecule has 1 unspecified atom stereocenters. The molecular weight excluding hydrogens is 224 g/mol. The molecular formula is C11H16N2O2S. The van der Waals surface area contributed by atoms with Crippen molar-refractivity contribution in [3.63, 3.8) is 0 Å². The minimum Gasteiger partial charge on any atom is -0.480 e. The van der Waals surface area contributed by atoms with Gasteiger partial charge in [0.2, 0.25) is 0 Å². The van der Waals surface area contributed by atoms with Crippen LogP contribution in [0.5, 0.6) is 0 Å². The zero-order valence-electron chi connectivity index (χ0n) is 9.89. The second kappa shape index (κ2) is 5.30. The van der Waals surface area contributed by atoms with Gasteiger partial charge in [-0.3, -0.25) is 9.78 Å². The van der Waals surface area contributed by atoms with Crippen molar-refractivity contribution in [2.75, 3.05) is 0 Å². The summed E-state index contributed by atoms with van der Waals surface area (Å²) in [5, 5.41) is 9.33. The van der Waals surface area contributed by atoms with Crippen molar-refractivity contribution in [2.45, 2.75) is 38.0 Å². The molecule has 88 valence electrons. The molecule has 0 aliphatic rings. The number of rotatable bonds is 4. The van der Waals surface area contributed by atoms with Gasteiger partial charge in [-0.15, -0.1) is 0 Å². The lowest BCUT2D eigenvalue weighted by atomic mass is 10.1. The van der Waals surface area contributed by atoms with Crippen LogP contribution in [0.25, 0.3) is 0 Å². The first-order valence-electron chi connectivity index (χ1n) is 5.11. The molecule has 1 heterocycles. The molecule has 0 bridgehead atoms. The maximum atomic E-state index is 11.1. The van der Waals surface area contributed by atoms with Gasteiger partial charge in [-0.2, -0.15) is 0 Å². The van der Waals surface area contributed by atoms with Gasteiger partial charge in [-0.25, -0.2) is 4.98 Å². The predicted octanol–water partition coefficient (Wildman–Crippen LogP) is 2.29. The number of nitrogens with zero attached hydrogens (tertiary/aromatic N) is 2. The van der Waals surface area contributed by atoms with Crippen molar-refractivity contribution in [1.29, 1.82) is 0 Å². The molecule has 0 saturated carbocycles. The van der Waals surface area contributed by atoms with Gasteiger partial charge in [0.1, 0.15) is 10.3 Å². The van der Waals surface area contributed by atoms with Crippen molar-refractivity contribution in [3.05, 3.63) is 17.6 Å². The largest absolute Gasteiger partial charge is 0.480 e. The topological polar surface area (TPSA) is 63.1 Å². The Morgan fingerprint density at radius 3 is 2.56 bits per heavy atom. The van der Waals surface area contributed by atoms with E-state index in [4.69, 9.17) is 5.11 Å². The van der Waals surface area contributed by atoms with Crippen LogP contribution in [0.1, 0.15) is 25.2 Å². The fraction of sp³-hybridized carbons (Fsp3) is 0.545. The molecule has 0 saturated heterocycles. The van der Waals surface area contributed by atoms with E-state index in [0.717, 1.165) is 11.4 Å². The van der Waals surface area contributed by atoms with Crippen LogP contribution in [0, 0.1) is 19.8 Å². The van der Waals surface area contributed by atoms with E-state index in [1.165, 1.54) is 11.8 Å². The van der Waals surface area contributed by atoms with E-state index in [9.17, 15) is 4.79 Å². The second-order valence-electron chi connectivity index (χ2n) is 4.02. The van der Waals surface area contributed by atoms with Crippen molar-refractivity contribution < 1.29 is 9.90 Å². The number of hydrogen-bond donors (Lipinski definition) is 1. The molecule has 0 radical (unpaired) electrons. The summed E-state index contributed by atoms with van der Waals surface area (Å²) in [6.45, 7) is 7.48. The Hall–Kier alpha value is -1.10. The van der Waals surface area contributed by atoms with Crippen LogP contribution in [0.4, 0.5) is 0 Å². The van der Waals surface area contributed by atoms with E-state index in [-0.39, 0.29) is 5.92 Å². The highest BCUT2D eigenvalue weighted by atomic mass is 32.2. The predicted molar refractivity (Wildman–Crippen MR) is 63.6 cm³/mol. The van der Waals surface area contributed by atoms with E-state index < -0.39 is 11.2 Å². The first kappa shape index (κ1) is 13.0. The summed E-state index contributed by atoms with van der Waals surface area (Å²) in [6, 6.07) is 0. The van der Waals surface area contributed by atoms with Crippen LogP contribution >= 0.6 is 11.8 Å². The highest BCUT2D eigenvalue weighted by Crippen LogP contribution is 2.28. The number of carboxylic acids is 1. The van der Waals surface area contributed by atoms with Crippen LogP contribution in [-0.2, 0) is 4.79 Å². The third kappa shape index (κ3) is 3.20. The zero-order chi connectivity index (χ0) is 12.3. The number of aromatic nitrogens is 2. The van der Waals surface area contributed by atoms with Crippen LogP contribution in [0.15, 0.2) is 11.2 Å². The molecule has 0 spiro atoms. The molecule has 16 heavy (non-hydrogen) atoms. The minimum absolute atomic E-state index is 0.0595. The summed E-state index contributed by atoms with van der Waals surface area (Å²) in [7, 11) is 0. The van der Waals surface area contributed by atoms with Gasteiger partial charge < -0.3 is 5.11 Å². The van der Waals surface area contributed by atoms with Crippen molar-refractivity contribution in [2.24, 2.45) is 5.92 Å². The third-order valence-electron chi connectivity index (χ3n) is 2.12. The number of carboxylic acid groups (broad SMARTS) is 1. The Bertz CT molecular complexity index is 394. The maximum Gasteiger partial charge on any atom is 0.317 e. The lowest BCUT2D eigenvalue weighted by molar-refractivity contribution is -0.137. The summed E-state index contributed by atoms with van der Waals surface area (Å²) in [5.41, 5.74) is 1.59. The second-order valence-corrected chi connectivity index (χ2v) is 5.15. The summed E-state index contributed by atoms with van der Waals surface area (Å²) in [5.74, 6) is -0.744. The first-order valence-corrected chi connectivity index (χ1v) is 5.99.